The second-order valence-electron chi connectivity index (χ2n) is 6.82. The fourth-order valence-corrected chi connectivity index (χ4v) is 4.01. The van der Waals surface area contributed by atoms with Crippen LogP contribution in [-0.2, 0) is 0 Å². The number of hydrogen-bond donors (Lipinski definition) is 3. The van der Waals surface area contributed by atoms with Crippen LogP contribution < -0.4 is 10.6 Å². The van der Waals surface area contributed by atoms with Crippen molar-refractivity contribution in [3.05, 3.63) is 96.2 Å². The maximum absolute atomic E-state index is 12.5. The number of nitrogens with one attached hydrogen (secondary N) is 3. The Kier molecular flexibility index (Phi) is 5.86. The number of thioether (sulfide) groups is 1. The van der Waals surface area contributed by atoms with Crippen LogP contribution >= 0.6 is 11.8 Å². The number of rotatable bonds is 6. The standard InChI is InChI=1S/C24H23N3OS/c1-29-19-11-7-10-18(14-19)27-24(28)26-15-21(17-8-3-2-4-9-17)22-16-25-23-13-6-5-12-20(22)23/h2-14,16,21,25H,15H2,1H3,(H2,26,27,28)/t21-/m0/s1. The number of fused-ring (bicyclic) bond motifs is 1. The van der Waals surface area contributed by atoms with E-state index in [0.717, 1.165) is 16.1 Å². The summed E-state index contributed by atoms with van der Waals surface area (Å²) in [7, 11) is 0. The third-order valence-electron chi connectivity index (χ3n) is 4.99. The van der Waals surface area contributed by atoms with Crippen LogP contribution in [0.15, 0.2) is 90.0 Å². The smallest absolute Gasteiger partial charge is 0.319 e. The molecule has 1 aromatic heterocycles. The molecule has 4 aromatic rings. The average molecular weight is 402 g/mol. The summed E-state index contributed by atoms with van der Waals surface area (Å²) in [6, 6.07) is 26.2. The normalized spacial score (nSPS) is 11.9. The van der Waals surface area contributed by atoms with Crippen LogP contribution in [0.25, 0.3) is 10.9 Å². The van der Waals surface area contributed by atoms with E-state index in [-0.39, 0.29) is 11.9 Å². The Labute approximate surface area is 174 Å². The summed E-state index contributed by atoms with van der Waals surface area (Å²) in [6.45, 7) is 0.500. The van der Waals surface area contributed by atoms with Crippen molar-refractivity contribution >= 4 is 34.4 Å². The van der Waals surface area contributed by atoms with Gasteiger partial charge in [0.1, 0.15) is 0 Å². The first kappa shape index (κ1) is 19.2. The summed E-state index contributed by atoms with van der Waals surface area (Å²) in [5.74, 6) is 0.0515. The largest absolute Gasteiger partial charge is 0.361 e. The van der Waals surface area contributed by atoms with Crippen molar-refractivity contribution in [3.63, 3.8) is 0 Å². The zero-order chi connectivity index (χ0) is 20.1. The zero-order valence-electron chi connectivity index (χ0n) is 16.2. The van der Waals surface area contributed by atoms with E-state index in [4.69, 9.17) is 0 Å². The molecule has 5 heteroatoms. The Morgan fingerprint density at radius 3 is 2.62 bits per heavy atom. The number of carbonyl (C=O) groups is 1. The lowest BCUT2D eigenvalue weighted by Gasteiger charge is -2.18. The number of aromatic amines is 1. The van der Waals surface area contributed by atoms with Gasteiger partial charge in [-0.2, -0.15) is 0 Å². The maximum atomic E-state index is 12.5. The van der Waals surface area contributed by atoms with E-state index in [1.807, 2.05) is 67.0 Å². The molecule has 0 saturated carbocycles. The van der Waals surface area contributed by atoms with Gasteiger partial charge in [0.05, 0.1) is 0 Å². The Hall–Kier alpha value is -3.18. The number of amides is 2. The van der Waals surface area contributed by atoms with Crippen LogP contribution in [0.5, 0.6) is 0 Å². The van der Waals surface area contributed by atoms with Crippen molar-refractivity contribution in [2.75, 3.05) is 18.1 Å². The van der Waals surface area contributed by atoms with E-state index in [1.54, 1.807) is 11.8 Å². The molecule has 3 aromatic carbocycles. The van der Waals surface area contributed by atoms with Crippen LogP contribution in [0.4, 0.5) is 10.5 Å². The Balaban J connectivity index is 1.54. The number of urea groups is 1. The SMILES string of the molecule is CSc1cccc(NC(=O)NC[C@@H](c2ccccc2)c2c[nH]c3ccccc23)c1. The molecule has 146 valence electrons. The summed E-state index contributed by atoms with van der Waals surface area (Å²) >= 11 is 1.65. The van der Waals surface area contributed by atoms with E-state index in [2.05, 4.69) is 39.9 Å². The lowest BCUT2D eigenvalue weighted by Crippen LogP contribution is -2.32. The van der Waals surface area contributed by atoms with Gasteiger partial charge in [-0.3, -0.25) is 0 Å². The molecular weight excluding hydrogens is 378 g/mol. The van der Waals surface area contributed by atoms with Gasteiger partial charge in [0.25, 0.3) is 0 Å². The summed E-state index contributed by atoms with van der Waals surface area (Å²) in [5.41, 5.74) is 4.23. The predicted octanol–water partition coefficient (Wildman–Crippen LogP) is 5.84. The number of para-hydroxylation sites is 1. The van der Waals surface area contributed by atoms with Crippen LogP contribution in [0, 0.1) is 0 Å². The van der Waals surface area contributed by atoms with Gasteiger partial charge < -0.3 is 15.6 Å². The molecule has 1 heterocycles. The van der Waals surface area contributed by atoms with Crippen molar-refractivity contribution < 1.29 is 4.79 Å². The van der Waals surface area contributed by atoms with Crippen LogP contribution in [-0.4, -0.2) is 23.8 Å². The van der Waals surface area contributed by atoms with Crippen molar-refractivity contribution in [1.82, 2.24) is 10.3 Å². The van der Waals surface area contributed by atoms with E-state index in [1.165, 1.54) is 16.5 Å². The molecule has 0 fully saturated rings. The first-order valence-electron chi connectivity index (χ1n) is 9.54. The van der Waals surface area contributed by atoms with Gasteiger partial charge in [0.2, 0.25) is 0 Å². The van der Waals surface area contributed by atoms with Gasteiger partial charge >= 0.3 is 6.03 Å². The maximum Gasteiger partial charge on any atom is 0.319 e. The fraction of sp³-hybridized carbons (Fsp3) is 0.125. The molecule has 3 N–H and O–H groups in total. The number of aromatic nitrogens is 1. The third kappa shape index (κ3) is 4.46. The highest BCUT2D eigenvalue weighted by Crippen LogP contribution is 2.30. The second kappa shape index (κ2) is 8.88. The molecule has 0 aliphatic carbocycles. The highest BCUT2D eigenvalue weighted by molar-refractivity contribution is 7.98. The molecule has 0 bridgehead atoms. The van der Waals surface area contributed by atoms with Crippen LogP contribution in [0.2, 0.25) is 0 Å². The highest BCUT2D eigenvalue weighted by Gasteiger charge is 2.19. The van der Waals surface area contributed by atoms with Crippen LogP contribution in [0.3, 0.4) is 0 Å². The topological polar surface area (TPSA) is 56.9 Å². The highest BCUT2D eigenvalue weighted by atomic mass is 32.2. The third-order valence-corrected chi connectivity index (χ3v) is 5.72. The molecule has 0 radical (unpaired) electrons. The molecule has 0 saturated heterocycles. The molecule has 0 unspecified atom stereocenters. The number of benzene rings is 3. The zero-order valence-corrected chi connectivity index (χ0v) is 17.0. The first-order chi connectivity index (χ1) is 14.2. The number of carbonyl (C=O) groups excluding carboxylic acids is 1. The fourth-order valence-electron chi connectivity index (χ4n) is 3.55. The molecule has 0 aliphatic heterocycles. The van der Waals surface area contributed by atoms with Crippen molar-refractivity contribution in [3.8, 4) is 0 Å². The molecule has 1 atom stereocenters. The molecular formula is C24H23N3OS. The van der Waals surface area contributed by atoms with Crippen molar-refractivity contribution in [2.24, 2.45) is 0 Å². The van der Waals surface area contributed by atoms with Gasteiger partial charge in [-0.15, -0.1) is 11.8 Å². The monoisotopic (exact) mass is 401 g/mol. The van der Waals surface area contributed by atoms with Gasteiger partial charge in [-0.25, -0.2) is 4.79 Å². The summed E-state index contributed by atoms with van der Waals surface area (Å²) in [6.07, 6.45) is 4.06. The Morgan fingerprint density at radius 2 is 1.79 bits per heavy atom. The summed E-state index contributed by atoms with van der Waals surface area (Å²) in [5, 5.41) is 7.16. The van der Waals surface area contributed by atoms with Crippen molar-refractivity contribution in [1.29, 1.82) is 0 Å². The van der Waals surface area contributed by atoms with Gasteiger partial charge in [0, 0.05) is 40.1 Å². The Bertz CT molecular complexity index is 1110. The van der Waals surface area contributed by atoms with E-state index >= 15 is 0 Å². The molecule has 2 amide bonds. The number of hydrogen-bond acceptors (Lipinski definition) is 2. The minimum atomic E-state index is -0.205. The predicted molar refractivity (Wildman–Crippen MR) is 122 cm³/mol. The second-order valence-corrected chi connectivity index (χ2v) is 7.70. The van der Waals surface area contributed by atoms with E-state index in [0.29, 0.717) is 6.54 Å². The van der Waals surface area contributed by atoms with Gasteiger partial charge in [-0.1, -0.05) is 54.6 Å². The average Bonchev–Trinajstić information content (AvgIpc) is 3.19. The Morgan fingerprint density at radius 1 is 1.00 bits per heavy atom. The van der Waals surface area contributed by atoms with Crippen molar-refractivity contribution in [2.45, 2.75) is 10.8 Å². The van der Waals surface area contributed by atoms with Gasteiger partial charge in [0.15, 0.2) is 0 Å². The molecule has 0 aliphatic rings. The van der Waals surface area contributed by atoms with Crippen LogP contribution in [0.1, 0.15) is 17.0 Å². The summed E-state index contributed by atoms with van der Waals surface area (Å²) < 4.78 is 0. The minimum absolute atomic E-state index is 0.0515. The van der Waals surface area contributed by atoms with E-state index in [9.17, 15) is 4.79 Å². The minimum Gasteiger partial charge on any atom is -0.361 e. The quantitative estimate of drug-likeness (QED) is 0.355. The molecule has 4 rings (SSSR count). The lowest BCUT2D eigenvalue weighted by atomic mass is 9.91. The van der Waals surface area contributed by atoms with Gasteiger partial charge in [-0.05, 0) is 41.6 Å². The molecule has 29 heavy (non-hydrogen) atoms. The molecule has 0 spiro atoms. The molecule has 4 nitrogen and oxygen atoms in total. The number of H-pyrrole nitrogens is 1. The first-order valence-corrected chi connectivity index (χ1v) is 10.8. The summed E-state index contributed by atoms with van der Waals surface area (Å²) in [4.78, 5) is 17.0. The van der Waals surface area contributed by atoms with E-state index < -0.39 is 0 Å². The number of anilines is 1. The lowest BCUT2D eigenvalue weighted by molar-refractivity contribution is 0.252.